The highest BCUT2D eigenvalue weighted by molar-refractivity contribution is 9.10. The zero-order valence-corrected chi connectivity index (χ0v) is 13.1. The Balaban J connectivity index is 2.56. The van der Waals surface area contributed by atoms with Crippen molar-refractivity contribution in [2.45, 2.75) is 5.38 Å². The minimum atomic E-state index is -1.06. The van der Waals surface area contributed by atoms with E-state index in [1.807, 2.05) is 0 Å². The molecule has 0 bridgehead atoms. The summed E-state index contributed by atoms with van der Waals surface area (Å²) in [5.74, 6) is -1.49. The molecule has 0 saturated carbocycles. The van der Waals surface area contributed by atoms with Crippen molar-refractivity contribution in [2.75, 3.05) is 0 Å². The fourth-order valence-corrected chi connectivity index (χ4v) is 2.91. The predicted octanol–water partition coefficient (Wildman–Crippen LogP) is 6.36. The number of alkyl halides is 1. The first-order valence-electron chi connectivity index (χ1n) is 5.13. The van der Waals surface area contributed by atoms with Crippen molar-refractivity contribution < 1.29 is 8.78 Å². The lowest BCUT2D eigenvalue weighted by Crippen LogP contribution is -2.02. The van der Waals surface area contributed by atoms with Crippen LogP contribution in [0.3, 0.4) is 0 Å². The molecule has 6 heteroatoms. The van der Waals surface area contributed by atoms with Crippen LogP contribution in [0.25, 0.3) is 0 Å². The normalized spacial score (nSPS) is 12.5. The van der Waals surface area contributed by atoms with Crippen molar-refractivity contribution in [1.82, 2.24) is 0 Å². The van der Waals surface area contributed by atoms with Crippen molar-refractivity contribution >= 4 is 50.7 Å². The van der Waals surface area contributed by atoms with E-state index in [-0.39, 0.29) is 5.56 Å². The van der Waals surface area contributed by atoms with Crippen molar-refractivity contribution in [3.8, 4) is 0 Å². The average Bonchev–Trinajstić information content (AvgIpc) is 2.30. The Morgan fingerprint density at radius 1 is 1.00 bits per heavy atom. The van der Waals surface area contributed by atoms with Gasteiger partial charge in [-0.3, -0.25) is 0 Å². The molecule has 2 rings (SSSR count). The van der Waals surface area contributed by atoms with E-state index in [9.17, 15) is 8.78 Å². The summed E-state index contributed by atoms with van der Waals surface area (Å²) in [7, 11) is 0. The van der Waals surface area contributed by atoms with Crippen molar-refractivity contribution in [1.29, 1.82) is 0 Å². The molecule has 0 heterocycles. The second kappa shape index (κ2) is 5.96. The van der Waals surface area contributed by atoms with Gasteiger partial charge in [-0.15, -0.1) is 11.6 Å². The Kier molecular flexibility index (Phi) is 4.72. The first-order chi connectivity index (χ1) is 8.90. The van der Waals surface area contributed by atoms with E-state index < -0.39 is 17.0 Å². The summed E-state index contributed by atoms with van der Waals surface area (Å²) in [4.78, 5) is 0. The van der Waals surface area contributed by atoms with Crippen LogP contribution in [-0.4, -0.2) is 0 Å². The van der Waals surface area contributed by atoms with Crippen LogP contribution in [0.15, 0.2) is 34.8 Å². The molecule has 0 aliphatic carbocycles. The topological polar surface area (TPSA) is 0 Å². The van der Waals surface area contributed by atoms with Crippen LogP contribution in [0, 0.1) is 11.6 Å². The first-order valence-corrected chi connectivity index (χ1v) is 7.12. The number of hydrogen-bond donors (Lipinski definition) is 0. The quantitative estimate of drug-likeness (QED) is 0.527. The van der Waals surface area contributed by atoms with Gasteiger partial charge in [0.25, 0.3) is 0 Å². The van der Waals surface area contributed by atoms with Gasteiger partial charge in [0.05, 0.1) is 5.38 Å². The molecule has 0 aliphatic rings. The largest absolute Gasteiger partial charge is 0.206 e. The molecule has 0 fully saturated rings. The molecule has 0 spiro atoms. The summed E-state index contributed by atoms with van der Waals surface area (Å²) < 4.78 is 28.0. The number of hydrogen-bond acceptors (Lipinski definition) is 0. The molecule has 0 amide bonds. The monoisotopic (exact) mass is 384 g/mol. The van der Waals surface area contributed by atoms with E-state index in [4.69, 9.17) is 34.8 Å². The molecule has 0 aliphatic heterocycles. The van der Waals surface area contributed by atoms with Crippen LogP contribution in [-0.2, 0) is 0 Å². The third-order valence-electron chi connectivity index (χ3n) is 2.53. The number of rotatable bonds is 2. The minimum absolute atomic E-state index is 0.256. The number of halogens is 6. The molecule has 2 aromatic rings. The van der Waals surface area contributed by atoms with Crippen LogP contribution in [0.1, 0.15) is 16.5 Å². The van der Waals surface area contributed by atoms with E-state index in [1.165, 1.54) is 12.1 Å². The van der Waals surface area contributed by atoms with Gasteiger partial charge in [-0.2, -0.15) is 0 Å². The summed E-state index contributed by atoms with van der Waals surface area (Å²) in [5.41, 5.74) is 0.102. The molecule has 0 nitrogen and oxygen atoms in total. The SMILES string of the molecule is Fc1cc(Br)cc(F)c1C(Cl)c1cc(Cl)ccc1Cl. The summed E-state index contributed by atoms with van der Waals surface area (Å²) in [6.07, 6.45) is 0. The zero-order valence-electron chi connectivity index (χ0n) is 9.23. The molecule has 0 saturated heterocycles. The summed E-state index contributed by atoms with van der Waals surface area (Å²) in [5, 5.41) is -0.367. The van der Waals surface area contributed by atoms with Crippen molar-refractivity contribution in [3.63, 3.8) is 0 Å². The molecule has 100 valence electrons. The van der Waals surface area contributed by atoms with E-state index >= 15 is 0 Å². The molecule has 1 unspecified atom stereocenters. The maximum atomic E-state index is 13.8. The highest BCUT2D eigenvalue weighted by Crippen LogP contribution is 2.38. The van der Waals surface area contributed by atoms with Gasteiger partial charge < -0.3 is 0 Å². The lowest BCUT2D eigenvalue weighted by molar-refractivity contribution is 0.557. The van der Waals surface area contributed by atoms with E-state index in [2.05, 4.69) is 15.9 Å². The van der Waals surface area contributed by atoms with Gasteiger partial charge in [0.1, 0.15) is 11.6 Å². The Hall–Kier alpha value is -0.350. The Morgan fingerprint density at radius 2 is 1.58 bits per heavy atom. The lowest BCUT2D eigenvalue weighted by Gasteiger charge is -2.14. The fourth-order valence-electron chi connectivity index (χ4n) is 1.66. The van der Waals surface area contributed by atoms with E-state index in [0.717, 1.165) is 12.1 Å². The van der Waals surface area contributed by atoms with E-state index in [1.54, 1.807) is 6.07 Å². The Morgan fingerprint density at radius 3 is 2.16 bits per heavy atom. The highest BCUT2D eigenvalue weighted by atomic mass is 79.9. The average molecular weight is 386 g/mol. The van der Waals surface area contributed by atoms with Gasteiger partial charge in [0.2, 0.25) is 0 Å². The second-order valence-corrected chi connectivity index (χ2v) is 6.01. The molecule has 1 atom stereocenters. The van der Waals surface area contributed by atoms with Crippen LogP contribution in [0.2, 0.25) is 10.0 Å². The maximum absolute atomic E-state index is 13.8. The number of benzene rings is 2. The van der Waals surface area contributed by atoms with Gasteiger partial charge in [-0.25, -0.2) is 8.78 Å². The van der Waals surface area contributed by atoms with Gasteiger partial charge in [-0.1, -0.05) is 39.1 Å². The van der Waals surface area contributed by atoms with Crippen LogP contribution in [0.5, 0.6) is 0 Å². The molecule has 0 N–H and O–H groups in total. The van der Waals surface area contributed by atoms with Crippen molar-refractivity contribution in [2.24, 2.45) is 0 Å². The lowest BCUT2D eigenvalue weighted by atomic mass is 10.0. The summed E-state index contributed by atoms with van der Waals surface area (Å²) in [6, 6.07) is 6.88. The predicted molar refractivity (Wildman–Crippen MR) is 78.2 cm³/mol. The molecular weight excluding hydrogens is 380 g/mol. The second-order valence-electron chi connectivity index (χ2n) is 3.81. The molecular formula is C13H6BrCl3F2. The minimum Gasteiger partial charge on any atom is -0.206 e. The maximum Gasteiger partial charge on any atom is 0.132 e. The zero-order chi connectivity index (χ0) is 14.2. The fraction of sp³-hybridized carbons (Fsp3) is 0.0769. The molecule has 19 heavy (non-hydrogen) atoms. The van der Waals surface area contributed by atoms with Gasteiger partial charge in [-0.05, 0) is 35.9 Å². The smallest absolute Gasteiger partial charge is 0.132 e. The highest BCUT2D eigenvalue weighted by Gasteiger charge is 2.22. The molecule has 0 aromatic heterocycles. The van der Waals surface area contributed by atoms with Gasteiger partial charge in [0, 0.05) is 20.1 Å². The van der Waals surface area contributed by atoms with E-state index in [0.29, 0.717) is 20.1 Å². The third-order valence-corrected chi connectivity index (χ3v) is 4.02. The van der Waals surface area contributed by atoms with Gasteiger partial charge >= 0.3 is 0 Å². The first kappa shape index (κ1) is 15.0. The molecule has 2 aromatic carbocycles. The third kappa shape index (κ3) is 3.22. The Labute approximate surface area is 132 Å². The van der Waals surface area contributed by atoms with Crippen molar-refractivity contribution in [3.05, 3.63) is 67.6 Å². The standard InChI is InChI=1S/C13H6BrCl3F2/c14-6-3-10(18)12(11(19)4-6)13(17)8-5-7(15)1-2-9(8)16/h1-5,13H. The Bertz CT molecular complexity index is 608. The summed E-state index contributed by atoms with van der Waals surface area (Å²) >= 11 is 21.0. The summed E-state index contributed by atoms with van der Waals surface area (Å²) in [6.45, 7) is 0. The van der Waals surface area contributed by atoms with Gasteiger partial charge in [0.15, 0.2) is 0 Å². The molecule has 0 radical (unpaired) electrons. The van der Waals surface area contributed by atoms with Crippen LogP contribution in [0.4, 0.5) is 8.78 Å². The van der Waals surface area contributed by atoms with Crippen LogP contribution < -0.4 is 0 Å². The van der Waals surface area contributed by atoms with Crippen LogP contribution >= 0.6 is 50.7 Å².